The van der Waals surface area contributed by atoms with Crippen molar-refractivity contribution < 1.29 is 44.4 Å². The Morgan fingerprint density at radius 3 is 1.35 bits per heavy atom. The van der Waals surface area contributed by atoms with Gasteiger partial charge in [0, 0.05) is 24.8 Å². The highest BCUT2D eigenvalue weighted by Gasteiger charge is 2.39. The molecular formula is C30H33F3N10O7S2. The van der Waals surface area contributed by atoms with Crippen LogP contribution in [-0.4, -0.2) is 81.8 Å². The van der Waals surface area contributed by atoms with Gasteiger partial charge in [0.15, 0.2) is 0 Å². The predicted molar refractivity (Wildman–Crippen MR) is 178 cm³/mol. The Morgan fingerprint density at radius 2 is 1.04 bits per heavy atom. The number of nitrogen functional groups attached to an aromatic ring is 1. The summed E-state index contributed by atoms with van der Waals surface area (Å²) in [7, 11) is -7.04. The van der Waals surface area contributed by atoms with Gasteiger partial charge >= 0.3 is 12.1 Å². The lowest BCUT2D eigenvalue weighted by Gasteiger charge is -2.19. The van der Waals surface area contributed by atoms with Gasteiger partial charge < -0.3 is 0 Å². The summed E-state index contributed by atoms with van der Waals surface area (Å²) >= 11 is 0. The molecule has 0 atom stereocenters. The number of alkyl halides is 3. The molecule has 52 heavy (non-hydrogen) atoms. The molecule has 17 nitrogen and oxygen atoms in total. The molecule has 0 aliphatic carbocycles. The zero-order valence-electron chi connectivity index (χ0n) is 27.5. The molecule has 22 heteroatoms. The summed E-state index contributed by atoms with van der Waals surface area (Å²) in [6, 6.07) is 16.1. The van der Waals surface area contributed by atoms with Crippen LogP contribution in [0.25, 0.3) is 0 Å². The van der Waals surface area contributed by atoms with E-state index >= 15 is 0 Å². The van der Waals surface area contributed by atoms with Crippen LogP contribution in [0.4, 0.5) is 13.2 Å². The number of carbonyl (C=O) groups excluding carboxylic acids is 3. The number of sulfonamides is 2. The van der Waals surface area contributed by atoms with Crippen LogP contribution in [0.2, 0.25) is 0 Å². The van der Waals surface area contributed by atoms with Crippen molar-refractivity contribution in [3.63, 3.8) is 0 Å². The molecule has 0 saturated heterocycles. The number of halogens is 3. The maximum Gasteiger partial charge on any atom is 0.472 e. The number of hydrazine groups is 2. The quantitative estimate of drug-likeness (QED) is 0.0890. The zero-order chi connectivity index (χ0) is 38.5. The van der Waals surface area contributed by atoms with Gasteiger partial charge in [-0.15, -0.1) is 0 Å². The zero-order valence-corrected chi connectivity index (χ0v) is 29.1. The molecule has 4 rings (SSSR count). The molecule has 4 heterocycles. The van der Waals surface area contributed by atoms with Crippen molar-refractivity contribution in [2.75, 3.05) is 12.5 Å². The van der Waals surface area contributed by atoms with E-state index in [-0.39, 0.29) is 31.7 Å². The Hall–Kier alpha value is -5.42. The summed E-state index contributed by atoms with van der Waals surface area (Å²) in [4.78, 5) is 50.1. The fraction of sp³-hybridized carbons (Fsp3) is 0.233. The number of carbonyl (C=O) groups is 3. The van der Waals surface area contributed by atoms with Gasteiger partial charge in [-0.25, -0.2) is 22.7 Å². The van der Waals surface area contributed by atoms with Crippen LogP contribution < -0.4 is 22.1 Å². The third-order valence-electron chi connectivity index (χ3n) is 6.60. The van der Waals surface area contributed by atoms with Gasteiger partial charge in [-0.05, 0) is 48.5 Å². The van der Waals surface area contributed by atoms with Crippen LogP contribution in [0.5, 0.6) is 0 Å². The van der Waals surface area contributed by atoms with Gasteiger partial charge in [-0.1, -0.05) is 12.1 Å². The molecule has 0 aliphatic rings. The first kappa shape index (κ1) is 41.0. The standard InChI is InChI=1S/C16H16F3N5O4S.C14H17N5O3S/c1-29(27,28)24(9-12-4-2-3-7-20-12)10-13-6-5-11(8-21-13)14(25)22-23-15(26)16(17,18)19;1-23(21,22)19(9-12-4-2-3-7-16-12)10-13-6-5-11(8-17-13)14(20)18-15/h2-8H,9-10H2,1H3,(H,22,25)(H,23,26);2-8H,9-10,15H2,1H3,(H,18,20). The van der Waals surface area contributed by atoms with Gasteiger partial charge in [-0.3, -0.25) is 50.6 Å². The lowest BCUT2D eigenvalue weighted by molar-refractivity contribution is -0.174. The van der Waals surface area contributed by atoms with Gasteiger partial charge in [0.25, 0.3) is 11.8 Å². The van der Waals surface area contributed by atoms with Crippen molar-refractivity contribution in [1.82, 2.24) is 44.8 Å². The van der Waals surface area contributed by atoms with Gasteiger partial charge in [0.05, 0.1) is 72.6 Å². The van der Waals surface area contributed by atoms with E-state index < -0.39 is 43.9 Å². The molecular weight excluding hydrogens is 734 g/mol. The average molecular weight is 767 g/mol. The molecule has 0 aliphatic heterocycles. The summed E-state index contributed by atoms with van der Waals surface area (Å²) in [5.41, 5.74) is 6.98. The Balaban J connectivity index is 0.000000288. The summed E-state index contributed by atoms with van der Waals surface area (Å²) in [6.07, 6.45) is 2.54. The first-order valence-corrected chi connectivity index (χ1v) is 18.3. The van der Waals surface area contributed by atoms with Crippen LogP contribution in [0.15, 0.2) is 85.5 Å². The summed E-state index contributed by atoms with van der Waals surface area (Å²) < 4.78 is 86.6. The predicted octanol–water partition coefficient (Wildman–Crippen LogP) is 0.804. The fourth-order valence-corrected chi connectivity index (χ4v) is 5.40. The van der Waals surface area contributed by atoms with Crippen LogP contribution >= 0.6 is 0 Å². The maximum atomic E-state index is 12.1. The highest BCUT2D eigenvalue weighted by Crippen LogP contribution is 2.15. The monoisotopic (exact) mass is 766 g/mol. The molecule has 0 aromatic carbocycles. The van der Waals surface area contributed by atoms with Crippen LogP contribution in [0.1, 0.15) is 43.5 Å². The number of rotatable bonds is 12. The van der Waals surface area contributed by atoms with Crippen molar-refractivity contribution in [2.45, 2.75) is 32.4 Å². The van der Waals surface area contributed by atoms with Crippen LogP contribution in [-0.2, 0) is 51.0 Å². The summed E-state index contributed by atoms with van der Waals surface area (Å²) in [6.45, 7) is 0.126. The molecule has 0 fully saturated rings. The van der Waals surface area contributed by atoms with E-state index in [4.69, 9.17) is 5.84 Å². The number of hydrogen-bond donors (Lipinski definition) is 4. The first-order chi connectivity index (χ1) is 24.4. The number of nitrogens with two attached hydrogens (primary N) is 1. The third kappa shape index (κ3) is 13.4. The van der Waals surface area contributed by atoms with E-state index in [1.165, 1.54) is 40.3 Å². The number of aromatic nitrogens is 4. The van der Waals surface area contributed by atoms with Crippen molar-refractivity contribution >= 4 is 37.8 Å². The van der Waals surface area contributed by atoms with Crippen molar-refractivity contribution in [3.8, 4) is 0 Å². The second-order valence-electron chi connectivity index (χ2n) is 10.7. The van der Waals surface area contributed by atoms with Crippen molar-refractivity contribution in [3.05, 3.63) is 119 Å². The van der Waals surface area contributed by atoms with E-state index in [9.17, 15) is 44.4 Å². The second kappa shape index (κ2) is 18.2. The van der Waals surface area contributed by atoms with Gasteiger partial charge in [0.2, 0.25) is 20.0 Å². The molecule has 278 valence electrons. The van der Waals surface area contributed by atoms with Gasteiger partial charge in [-0.2, -0.15) is 21.8 Å². The maximum absolute atomic E-state index is 12.1. The number of nitrogens with zero attached hydrogens (tertiary/aromatic N) is 6. The SMILES string of the molecule is CS(=O)(=O)N(Cc1ccccn1)Cc1ccc(C(=O)NN)cn1.CS(=O)(=O)N(Cc1ccccn1)Cc1ccc(C(=O)NNC(=O)C(F)(F)F)cn1. The minimum atomic E-state index is -5.14. The van der Waals surface area contributed by atoms with Crippen molar-refractivity contribution in [2.24, 2.45) is 5.84 Å². The summed E-state index contributed by atoms with van der Waals surface area (Å²) in [5, 5.41) is 0. The Kier molecular flexibility index (Phi) is 14.3. The average Bonchev–Trinajstić information content (AvgIpc) is 3.10. The molecule has 5 N–H and O–H groups in total. The number of amides is 3. The highest BCUT2D eigenvalue weighted by molar-refractivity contribution is 7.88. The van der Waals surface area contributed by atoms with Crippen LogP contribution in [0, 0.1) is 0 Å². The lowest BCUT2D eigenvalue weighted by Crippen LogP contribution is -2.47. The van der Waals surface area contributed by atoms with E-state index in [0.717, 1.165) is 23.0 Å². The molecule has 0 bridgehead atoms. The lowest BCUT2D eigenvalue weighted by atomic mass is 10.2. The number of hydrogen-bond acceptors (Lipinski definition) is 12. The number of pyridine rings is 4. The third-order valence-corrected chi connectivity index (χ3v) is 8.99. The van der Waals surface area contributed by atoms with E-state index in [1.807, 2.05) is 5.43 Å². The smallest absolute Gasteiger partial charge is 0.290 e. The molecule has 0 saturated carbocycles. The van der Waals surface area contributed by atoms with Crippen LogP contribution in [0.3, 0.4) is 0 Å². The minimum Gasteiger partial charge on any atom is -0.290 e. The minimum absolute atomic E-state index is 0.00701. The van der Waals surface area contributed by atoms with E-state index in [0.29, 0.717) is 28.3 Å². The second-order valence-corrected chi connectivity index (χ2v) is 14.6. The molecule has 0 spiro atoms. The topological polar surface area (TPSA) is 240 Å². The van der Waals surface area contributed by atoms with E-state index in [1.54, 1.807) is 54.1 Å². The Bertz CT molecular complexity index is 2030. The van der Waals surface area contributed by atoms with Crippen molar-refractivity contribution in [1.29, 1.82) is 0 Å². The van der Waals surface area contributed by atoms with E-state index in [2.05, 4.69) is 19.9 Å². The highest BCUT2D eigenvalue weighted by atomic mass is 32.2. The largest absolute Gasteiger partial charge is 0.472 e. The molecule has 0 unspecified atom stereocenters. The Labute approximate surface area is 296 Å². The molecule has 4 aromatic heterocycles. The molecule has 0 radical (unpaired) electrons. The first-order valence-electron chi connectivity index (χ1n) is 14.6. The molecule has 4 aromatic rings. The fourth-order valence-electron chi connectivity index (χ4n) is 3.93. The number of nitrogens with one attached hydrogen (secondary N) is 3. The summed E-state index contributed by atoms with van der Waals surface area (Å²) in [5.74, 6) is 1.24. The molecule has 3 amide bonds. The normalized spacial score (nSPS) is 11.7. The van der Waals surface area contributed by atoms with Gasteiger partial charge in [0.1, 0.15) is 0 Å². The Morgan fingerprint density at radius 1 is 0.635 bits per heavy atom.